The number of anilines is 2. The molecule has 3 heterocycles. The van der Waals surface area contributed by atoms with E-state index in [1.54, 1.807) is 0 Å². The first-order valence-corrected chi connectivity index (χ1v) is 6.71. The van der Waals surface area contributed by atoms with Gasteiger partial charge >= 0.3 is 0 Å². The first-order valence-electron chi connectivity index (χ1n) is 6.71. The Labute approximate surface area is 116 Å². The van der Waals surface area contributed by atoms with E-state index in [9.17, 15) is 0 Å². The van der Waals surface area contributed by atoms with Crippen LogP contribution in [0.25, 0.3) is 10.9 Å². The fourth-order valence-corrected chi connectivity index (χ4v) is 2.81. The molecule has 0 fully saturated rings. The predicted octanol–water partition coefficient (Wildman–Crippen LogP) is 2.03. The van der Waals surface area contributed by atoms with Crippen molar-refractivity contribution in [1.82, 2.24) is 14.5 Å². The van der Waals surface area contributed by atoms with E-state index in [1.165, 1.54) is 0 Å². The Morgan fingerprint density at radius 3 is 2.95 bits per heavy atom. The molecule has 0 saturated carbocycles. The Morgan fingerprint density at radius 1 is 1.05 bits per heavy atom. The average Bonchev–Trinajstić information content (AvgIpc) is 2.95. The van der Waals surface area contributed by atoms with Crippen molar-refractivity contribution in [3.8, 4) is 0 Å². The van der Waals surface area contributed by atoms with Crippen molar-refractivity contribution in [3.05, 3.63) is 48.7 Å². The van der Waals surface area contributed by atoms with Crippen LogP contribution in [0.15, 0.2) is 42.9 Å². The Morgan fingerprint density at radius 2 is 2.00 bits per heavy atom. The summed E-state index contributed by atoms with van der Waals surface area (Å²) in [5.41, 5.74) is 8.91. The number of fused-ring (bicyclic) bond motifs is 2. The van der Waals surface area contributed by atoms with Crippen molar-refractivity contribution >= 4 is 22.3 Å². The second kappa shape index (κ2) is 4.23. The van der Waals surface area contributed by atoms with E-state index in [0.29, 0.717) is 0 Å². The summed E-state index contributed by atoms with van der Waals surface area (Å²) < 4.78 is 2.20. The van der Waals surface area contributed by atoms with Crippen LogP contribution in [0.2, 0.25) is 0 Å². The Kier molecular flexibility index (Phi) is 2.39. The summed E-state index contributed by atoms with van der Waals surface area (Å²) in [6, 6.07) is 7.96. The van der Waals surface area contributed by atoms with Gasteiger partial charge in [-0.05, 0) is 24.3 Å². The normalized spacial score (nSPS) is 14.5. The highest BCUT2D eigenvalue weighted by molar-refractivity contribution is 5.98. The molecular formula is C15H15N5. The number of nitrogens with two attached hydrogens (primary N) is 1. The third-order valence-electron chi connectivity index (χ3n) is 3.87. The number of hydrogen-bond donors (Lipinski definition) is 1. The lowest BCUT2D eigenvalue weighted by molar-refractivity contribution is 0.561. The van der Waals surface area contributed by atoms with Crippen LogP contribution in [0, 0.1) is 0 Å². The number of nitrogen functional groups attached to an aromatic ring is 1. The van der Waals surface area contributed by atoms with Crippen LogP contribution < -0.4 is 10.6 Å². The number of benzene rings is 1. The lowest BCUT2D eigenvalue weighted by atomic mass is 10.1. The van der Waals surface area contributed by atoms with Gasteiger partial charge in [-0.15, -0.1) is 0 Å². The minimum Gasteiger partial charge on any atom is -0.398 e. The van der Waals surface area contributed by atoms with Gasteiger partial charge in [0.15, 0.2) is 0 Å². The number of nitrogens with zero attached hydrogens (tertiary/aromatic N) is 4. The molecule has 0 atom stereocenters. The second-order valence-corrected chi connectivity index (χ2v) is 5.03. The molecule has 5 heteroatoms. The smallest absolute Gasteiger partial charge is 0.128 e. The summed E-state index contributed by atoms with van der Waals surface area (Å²) in [5, 5.41) is 1.01. The standard InChI is InChI=1S/C15H15N5/c16-12-3-4-13(15-11(12)2-1-5-18-15)20-9-8-19-7-6-17-14(19)10-20/h1-7H,8-10,16H2. The molecule has 4 rings (SSSR count). The van der Waals surface area contributed by atoms with Gasteiger partial charge in [-0.3, -0.25) is 4.98 Å². The van der Waals surface area contributed by atoms with Crippen molar-refractivity contribution in [2.75, 3.05) is 17.2 Å². The maximum atomic E-state index is 6.04. The van der Waals surface area contributed by atoms with E-state index in [4.69, 9.17) is 5.73 Å². The van der Waals surface area contributed by atoms with Gasteiger partial charge in [0.2, 0.25) is 0 Å². The summed E-state index contributed by atoms with van der Waals surface area (Å²) in [6.45, 7) is 2.72. The molecule has 0 radical (unpaired) electrons. The maximum Gasteiger partial charge on any atom is 0.128 e. The van der Waals surface area contributed by atoms with Crippen molar-refractivity contribution < 1.29 is 0 Å². The van der Waals surface area contributed by atoms with E-state index in [0.717, 1.165) is 47.7 Å². The molecule has 20 heavy (non-hydrogen) atoms. The molecule has 0 bridgehead atoms. The molecule has 1 aliphatic heterocycles. The van der Waals surface area contributed by atoms with E-state index in [1.807, 2.05) is 36.8 Å². The van der Waals surface area contributed by atoms with Crippen molar-refractivity contribution in [3.63, 3.8) is 0 Å². The number of imidazole rings is 1. The van der Waals surface area contributed by atoms with Gasteiger partial charge in [-0.2, -0.15) is 0 Å². The van der Waals surface area contributed by atoms with Crippen molar-refractivity contribution in [2.24, 2.45) is 0 Å². The molecule has 2 N–H and O–H groups in total. The van der Waals surface area contributed by atoms with Crippen LogP contribution in [0.3, 0.4) is 0 Å². The van der Waals surface area contributed by atoms with E-state index >= 15 is 0 Å². The Balaban J connectivity index is 1.82. The van der Waals surface area contributed by atoms with Crippen LogP contribution in [-0.4, -0.2) is 21.1 Å². The lowest BCUT2D eigenvalue weighted by Gasteiger charge is -2.30. The first-order chi connectivity index (χ1) is 9.83. The predicted molar refractivity (Wildman–Crippen MR) is 79.4 cm³/mol. The number of rotatable bonds is 1. The van der Waals surface area contributed by atoms with Gasteiger partial charge in [0, 0.05) is 42.8 Å². The van der Waals surface area contributed by atoms with Crippen molar-refractivity contribution in [1.29, 1.82) is 0 Å². The minimum atomic E-state index is 0.773. The zero-order chi connectivity index (χ0) is 13.5. The topological polar surface area (TPSA) is 60.0 Å². The average molecular weight is 265 g/mol. The summed E-state index contributed by atoms with van der Waals surface area (Å²) in [7, 11) is 0. The first kappa shape index (κ1) is 11.3. The van der Waals surface area contributed by atoms with Crippen LogP contribution in [0.1, 0.15) is 5.82 Å². The molecule has 5 nitrogen and oxygen atoms in total. The Bertz CT molecular complexity index is 777. The van der Waals surface area contributed by atoms with E-state index < -0.39 is 0 Å². The minimum absolute atomic E-state index is 0.773. The molecule has 0 unspecified atom stereocenters. The highest BCUT2D eigenvalue weighted by Gasteiger charge is 2.19. The third kappa shape index (κ3) is 1.63. The number of hydrogen-bond acceptors (Lipinski definition) is 4. The van der Waals surface area contributed by atoms with Gasteiger partial charge in [-0.25, -0.2) is 4.98 Å². The SMILES string of the molecule is Nc1ccc(N2CCn3ccnc3C2)c2ncccc12. The third-order valence-corrected chi connectivity index (χ3v) is 3.87. The summed E-state index contributed by atoms with van der Waals surface area (Å²) in [5.74, 6) is 1.09. The fraction of sp³-hybridized carbons (Fsp3) is 0.200. The quantitative estimate of drug-likeness (QED) is 0.684. The van der Waals surface area contributed by atoms with E-state index in [-0.39, 0.29) is 0 Å². The molecule has 0 spiro atoms. The summed E-state index contributed by atoms with van der Waals surface area (Å²) in [4.78, 5) is 11.2. The molecule has 2 aromatic heterocycles. The molecule has 1 aromatic carbocycles. The second-order valence-electron chi connectivity index (χ2n) is 5.03. The number of pyridine rings is 1. The molecule has 0 aliphatic carbocycles. The highest BCUT2D eigenvalue weighted by Crippen LogP contribution is 2.30. The molecule has 3 aromatic rings. The monoisotopic (exact) mass is 265 g/mol. The molecular weight excluding hydrogens is 250 g/mol. The fourth-order valence-electron chi connectivity index (χ4n) is 2.81. The van der Waals surface area contributed by atoms with Crippen LogP contribution in [0.5, 0.6) is 0 Å². The number of aromatic nitrogens is 3. The lowest BCUT2D eigenvalue weighted by Crippen LogP contribution is -2.33. The highest BCUT2D eigenvalue weighted by atomic mass is 15.2. The van der Waals surface area contributed by atoms with Crippen LogP contribution >= 0.6 is 0 Å². The zero-order valence-corrected chi connectivity index (χ0v) is 11.0. The van der Waals surface area contributed by atoms with E-state index in [2.05, 4.69) is 25.5 Å². The van der Waals surface area contributed by atoms with Gasteiger partial charge in [0.25, 0.3) is 0 Å². The Hall–Kier alpha value is -2.56. The van der Waals surface area contributed by atoms with Gasteiger partial charge in [0.05, 0.1) is 17.7 Å². The van der Waals surface area contributed by atoms with Gasteiger partial charge in [-0.1, -0.05) is 0 Å². The summed E-state index contributed by atoms with van der Waals surface area (Å²) in [6.07, 6.45) is 5.71. The largest absolute Gasteiger partial charge is 0.398 e. The van der Waals surface area contributed by atoms with Crippen LogP contribution in [0.4, 0.5) is 11.4 Å². The molecule has 0 saturated heterocycles. The molecule has 100 valence electrons. The van der Waals surface area contributed by atoms with Crippen molar-refractivity contribution in [2.45, 2.75) is 13.1 Å². The zero-order valence-electron chi connectivity index (χ0n) is 11.0. The van der Waals surface area contributed by atoms with Crippen LogP contribution in [-0.2, 0) is 13.1 Å². The van der Waals surface area contributed by atoms with Gasteiger partial charge < -0.3 is 15.2 Å². The molecule has 1 aliphatic rings. The summed E-state index contributed by atoms with van der Waals surface area (Å²) >= 11 is 0. The maximum absolute atomic E-state index is 6.04. The van der Waals surface area contributed by atoms with Gasteiger partial charge in [0.1, 0.15) is 5.82 Å². The molecule has 0 amide bonds.